The second-order valence-electron chi connectivity index (χ2n) is 4.35. The zero-order valence-corrected chi connectivity index (χ0v) is 11.2. The molecule has 6 heteroatoms. The number of nitriles is 1. The molecule has 0 aliphatic carbocycles. The molecule has 0 bridgehead atoms. The lowest BCUT2D eigenvalue weighted by Crippen LogP contribution is -2.13. The average Bonchev–Trinajstić information content (AvgIpc) is 2.49. The summed E-state index contributed by atoms with van der Waals surface area (Å²) in [6.45, 7) is 1.58. The number of nitro benzene ring substituents is 1. The summed E-state index contributed by atoms with van der Waals surface area (Å²) in [6.07, 6.45) is 0. The normalized spacial score (nSPS) is 9.71. The van der Waals surface area contributed by atoms with E-state index in [1.54, 1.807) is 13.0 Å². The van der Waals surface area contributed by atoms with Crippen LogP contribution in [0.1, 0.15) is 21.5 Å². The summed E-state index contributed by atoms with van der Waals surface area (Å²) in [6, 6.07) is 12.6. The van der Waals surface area contributed by atoms with Gasteiger partial charge in [-0.3, -0.25) is 14.9 Å². The van der Waals surface area contributed by atoms with E-state index in [4.69, 9.17) is 5.26 Å². The number of nitrogens with one attached hydrogen (secondary N) is 1. The third kappa shape index (κ3) is 3.04. The van der Waals surface area contributed by atoms with Gasteiger partial charge in [-0.1, -0.05) is 6.07 Å². The first-order chi connectivity index (χ1) is 10.0. The van der Waals surface area contributed by atoms with Crippen molar-refractivity contribution in [1.29, 1.82) is 5.26 Å². The van der Waals surface area contributed by atoms with Crippen LogP contribution in [-0.4, -0.2) is 10.8 Å². The molecule has 0 radical (unpaired) electrons. The number of amides is 1. The van der Waals surface area contributed by atoms with E-state index in [0.29, 0.717) is 22.4 Å². The molecule has 2 aromatic rings. The van der Waals surface area contributed by atoms with Crippen LogP contribution in [-0.2, 0) is 0 Å². The van der Waals surface area contributed by atoms with Crippen LogP contribution in [0.5, 0.6) is 0 Å². The third-order valence-electron chi connectivity index (χ3n) is 3.03. The van der Waals surface area contributed by atoms with Crippen LogP contribution >= 0.6 is 0 Å². The Morgan fingerprint density at radius 2 is 1.90 bits per heavy atom. The number of anilines is 1. The predicted molar refractivity (Wildman–Crippen MR) is 76.9 cm³/mol. The second kappa shape index (κ2) is 5.84. The van der Waals surface area contributed by atoms with Crippen molar-refractivity contribution in [3.05, 3.63) is 69.3 Å². The number of carbonyl (C=O) groups excluding carboxylic acids is 1. The molecule has 0 fully saturated rings. The van der Waals surface area contributed by atoms with Gasteiger partial charge in [0.15, 0.2) is 0 Å². The molecule has 104 valence electrons. The maximum atomic E-state index is 12.1. The van der Waals surface area contributed by atoms with E-state index >= 15 is 0 Å². The number of benzene rings is 2. The number of hydrogen-bond donors (Lipinski definition) is 1. The van der Waals surface area contributed by atoms with E-state index in [1.165, 1.54) is 36.4 Å². The van der Waals surface area contributed by atoms with Crippen molar-refractivity contribution < 1.29 is 9.72 Å². The molecule has 0 saturated heterocycles. The fraction of sp³-hybridized carbons (Fsp3) is 0.0667. The van der Waals surface area contributed by atoms with Gasteiger partial charge < -0.3 is 5.32 Å². The second-order valence-corrected chi connectivity index (χ2v) is 4.35. The standard InChI is InChI=1S/C15H11N3O3/c1-10-13(3-2-4-14(10)18(20)21)17-15(19)12-7-5-11(9-16)6-8-12/h2-8H,1H3,(H,17,19). The molecule has 1 N–H and O–H groups in total. The molecule has 2 aromatic carbocycles. The molecular weight excluding hydrogens is 270 g/mol. The Balaban J connectivity index is 2.25. The van der Waals surface area contributed by atoms with Crippen LogP contribution in [0, 0.1) is 28.4 Å². The summed E-state index contributed by atoms with van der Waals surface area (Å²) >= 11 is 0. The van der Waals surface area contributed by atoms with Gasteiger partial charge in [-0.15, -0.1) is 0 Å². The first-order valence-corrected chi connectivity index (χ1v) is 6.08. The van der Waals surface area contributed by atoms with Gasteiger partial charge in [0.2, 0.25) is 0 Å². The molecule has 0 heterocycles. The molecule has 0 saturated carbocycles. The largest absolute Gasteiger partial charge is 0.321 e. The highest BCUT2D eigenvalue weighted by molar-refractivity contribution is 6.04. The lowest BCUT2D eigenvalue weighted by atomic mass is 10.1. The Morgan fingerprint density at radius 3 is 2.48 bits per heavy atom. The van der Waals surface area contributed by atoms with E-state index in [2.05, 4.69) is 5.32 Å². The SMILES string of the molecule is Cc1c(NC(=O)c2ccc(C#N)cc2)cccc1[N+](=O)[O-]. The first-order valence-electron chi connectivity index (χ1n) is 6.08. The van der Waals surface area contributed by atoms with Gasteiger partial charge in [-0.2, -0.15) is 5.26 Å². The monoisotopic (exact) mass is 281 g/mol. The number of carbonyl (C=O) groups is 1. The summed E-state index contributed by atoms with van der Waals surface area (Å²) in [5.41, 5.74) is 1.56. The Bertz CT molecular complexity index is 746. The van der Waals surface area contributed by atoms with E-state index in [1.807, 2.05) is 6.07 Å². The Labute approximate surface area is 120 Å². The summed E-state index contributed by atoms with van der Waals surface area (Å²) < 4.78 is 0. The lowest BCUT2D eigenvalue weighted by molar-refractivity contribution is -0.385. The Morgan fingerprint density at radius 1 is 1.24 bits per heavy atom. The predicted octanol–water partition coefficient (Wildman–Crippen LogP) is 3.03. The Kier molecular flexibility index (Phi) is 3.95. The first kappa shape index (κ1) is 14.2. The maximum Gasteiger partial charge on any atom is 0.274 e. The van der Waals surface area contributed by atoms with Crippen molar-refractivity contribution in [2.75, 3.05) is 5.32 Å². The summed E-state index contributed by atoms with van der Waals surface area (Å²) in [7, 11) is 0. The number of nitrogens with zero attached hydrogens (tertiary/aromatic N) is 2. The van der Waals surface area contributed by atoms with Crippen LogP contribution in [0.2, 0.25) is 0 Å². The van der Waals surface area contributed by atoms with E-state index in [0.717, 1.165) is 0 Å². The van der Waals surface area contributed by atoms with Crippen molar-refractivity contribution in [1.82, 2.24) is 0 Å². The average molecular weight is 281 g/mol. The highest BCUT2D eigenvalue weighted by atomic mass is 16.6. The third-order valence-corrected chi connectivity index (χ3v) is 3.03. The number of nitro groups is 1. The van der Waals surface area contributed by atoms with Gasteiger partial charge in [-0.05, 0) is 37.3 Å². The van der Waals surface area contributed by atoms with Crippen molar-refractivity contribution in [3.8, 4) is 6.07 Å². The maximum absolute atomic E-state index is 12.1. The van der Waals surface area contributed by atoms with Gasteiger partial charge in [0.1, 0.15) is 0 Å². The molecule has 0 spiro atoms. The van der Waals surface area contributed by atoms with Crippen molar-refractivity contribution in [3.63, 3.8) is 0 Å². The number of hydrogen-bond acceptors (Lipinski definition) is 4. The molecule has 0 unspecified atom stereocenters. The van der Waals surface area contributed by atoms with Gasteiger partial charge in [-0.25, -0.2) is 0 Å². The lowest BCUT2D eigenvalue weighted by Gasteiger charge is -2.08. The molecule has 21 heavy (non-hydrogen) atoms. The van der Waals surface area contributed by atoms with Crippen molar-refractivity contribution >= 4 is 17.3 Å². The molecule has 0 aliphatic heterocycles. The van der Waals surface area contributed by atoms with E-state index in [-0.39, 0.29) is 11.6 Å². The highest BCUT2D eigenvalue weighted by Gasteiger charge is 2.15. The minimum atomic E-state index is -0.493. The minimum absolute atomic E-state index is 0.0485. The molecule has 0 atom stereocenters. The van der Waals surface area contributed by atoms with Crippen LogP contribution < -0.4 is 5.32 Å². The fourth-order valence-electron chi connectivity index (χ4n) is 1.85. The summed E-state index contributed by atoms with van der Waals surface area (Å²) in [4.78, 5) is 22.5. The van der Waals surface area contributed by atoms with Crippen LogP contribution in [0.25, 0.3) is 0 Å². The van der Waals surface area contributed by atoms with Gasteiger partial charge in [0.05, 0.1) is 27.8 Å². The van der Waals surface area contributed by atoms with E-state index < -0.39 is 4.92 Å². The minimum Gasteiger partial charge on any atom is -0.321 e. The zero-order valence-electron chi connectivity index (χ0n) is 11.2. The van der Waals surface area contributed by atoms with Crippen LogP contribution in [0.3, 0.4) is 0 Å². The topological polar surface area (TPSA) is 96.0 Å². The van der Waals surface area contributed by atoms with Crippen molar-refractivity contribution in [2.45, 2.75) is 6.92 Å². The summed E-state index contributed by atoms with van der Waals surface area (Å²) in [5.74, 6) is -0.386. The van der Waals surface area contributed by atoms with Crippen LogP contribution in [0.15, 0.2) is 42.5 Å². The molecule has 6 nitrogen and oxygen atoms in total. The van der Waals surface area contributed by atoms with Gasteiger partial charge >= 0.3 is 0 Å². The summed E-state index contributed by atoms with van der Waals surface area (Å²) in [5, 5.41) is 22.2. The smallest absolute Gasteiger partial charge is 0.274 e. The highest BCUT2D eigenvalue weighted by Crippen LogP contribution is 2.25. The Hall–Kier alpha value is -3.20. The molecule has 2 rings (SSSR count). The molecule has 1 amide bonds. The van der Waals surface area contributed by atoms with Crippen LogP contribution in [0.4, 0.5) is 11.4 Å². The quantitative estimate of drug-likeness (QED) is 0.690. The van der Waals surface area contributed by atoms with Gasteiger partial charge in [0, 0.05) is 11.6 Å². The zero-order chi connectivity index (χ0) is 15.4. The van der Waals surface area contributed by atoms with Gasteiger partial charge in [0.25, 0.3) is 11.6 Å². The van der Waals surface area contributed by atoms with Crippen molar-refractivity contribution in [2.24, 2.45) is 0 Å². The molecule has 0 aromatic heterocycles. The number of rotatable bonds is 3. The molecule has 0 aliphatic rings. The van der Waals surface area contributed by atoms with E-state index in [9.17, 15) is 14.9 Å². The fourth-order valence-corrected chi connectivity index (χ4v) is 1.85. The molecular formula is C15H11N3O3.